The SMILES string of the molecule is CS(C)=NC1CNCC(c2cn[nH]c2)C1. The Hall–Kier alpha value is -0.680. The lowest BCUT2D eigenvalue weighted by Crippen LogP contribution is -2.37. The van der Waals surface area contributed by atoms with E-state index in [1.807, 2.05) is 12.4 Å². The molecule has 0 aliphatic carbocycles. The molecule has 1 aliphatic rings. The van der Waals surface area contributed by atoms with Gasteiger partial charge in [0, 0.05) is 25.2 Å². The average Bonchev–Trinajstić information content (AvgIpc) is 2.69. The Morgan fingerprint density at radius 2 is 2.33 bits per heavy atom. The number of hydrogen-bond acceptors (Lipinski definition) is 3. The molecule has 0 bridgehead atoms. The monoisotopic (exact) mass is 226 g/mol. The Morgan fingerprint density at radius 3 is 3.00 bits per heavy atom. The molecule has 1 saturated heterocycles. The fourth-order valence-electron chi connectivity index (χ4n) is 2.04. The fraction of sp³-hybridized carbons (Fsp3) is 0.700. The largest absolute Gasteiger partial charge is 0.314 e. The number of H-pyrrole nitrogens is 1. The first-order valence-corrected chi connectivity index (χ1v) is 7.23. The van der Waals surface area contributed by atoms with Crippen molar-refractivity contribution in [2.75, 3.05) is 25.6 Å². The van der Waals surface area contributed by atoms with Gasteiger partial charge in [0.1, 0.15) is 0 Å². The van der Waals surface area contributed by atoms with Crippen LogP contribution in [0, 0.1) is 0 Å². The van der Waals surface area contributed by atoms with Gasteiger partial charge in [-0.1, -0.05) is 0 Å². The van der Waals surface area contributed by atoms with Crippen LogP contribution in [0.3, 0.4) is 0 Å². The molecule has 5 heteroatoms. The molecule has 84 valence electrons. The van der Waals surface area contributed by atoms with Gasteiger partial charge >= 0.3 is 0 Å². The minimum atomic E-state index is 0.187. The minimum absolute atomic E-state index is 0.187. The van der Waals surface area contributed by atoms with E-state index < -0.39 is 0 Å². The Labute approximate surface area is 93.0 Å². The van der Waals surface area contributed by atoms with E-state index in [4.69, 9.17) is 4.36 Å². The van der Waals surface area contributed by atoms with Gasteiger partial charge in [0.15, 0.2) is 0 Å². The van der Waals surface area contributed by atoms with Crippen molar-refractivity contribution in [3.63, 3.8) is 0 Å². The summed E-state index contributed by atoms with van der Waals surface area (Å²) in [6.07, 6.45) is 9.40. The molecule has 15 heavy (non-hydrogen) atoms. The molecule has 0 spiro atoms. The molecule has 0 amide bonds. The molecule has 1 aromatic heterocycles. The van der Waals surface area contributed by atoms with Crippen molar-refractivity contribution < 1.29 is 0 Å². The smallest absolute Gasteiger partial charge is 0.0698 e. The molecule has 2 heterocycles. The van der Waals surface area contributed by atoms with Crippen LogP contribution in [-0.4, -0.2) is 41.8 Å². The second-order valence-corrected chi connectivity index (χ2v) is 5.91. The molecule has 1 aromatic rings. The summed E-state index contributed by atoms with van der Waals surface area (Å²) in [6, 6.07) is 0.469. The number of hydrogen-bond donors (Lipinski definition) is 2. The molecular weight excluding hydrogens is 208 g/mol. The highest BCUT2D eigenvalue weighted by molar-refractivity contribution is 7.85. The standard InChI is InChI=1S/C10H18N4S/c1-15(2)14-10-3-8(4-11-7-10)9-5-12-13-6-9/h5-6,8,10-11H,3-4,7H2,1-2H3,(H,12,13). The van der Waals surface area contributed by atoms with Crippen LogP contribution in [0.5, 0.6) is 0 Å². The first kappa shape index (κ1) is 10.8. The van der Waals surface area contributed by atoms with Crippen LogP contribution < -0.4 is 5.32 Å². The van der Waals surface area contributed by atoms with Crippen molar-refractivity contribution in [3.8, 4) is 0 Å². The zero-order valence-corrected chi connectivity index (χ0v) is 10.0. The van der Waals surface area contributed by atoms with Gasteiger partial charge in [-0.3, -0.25) is 9.46 Å². The molecule has 0 aromatic carbocycles. The number of rotatable bonds is 2. The molecule has 1 aliphatic heterocycles. The summed E-state index contributed by atoms with van der Waals surface area (Å²) in [7, 11) is 0.187. The number of nitrogens with zero attached hydrogens (tertiary/aromatic N) is 2. The third-order valence-electron chi connectivity index (χ3n) is 2.68. The predicted octanol–water partition coefficient (Wildman–Crippen LogP) is 0.917. The van der Waals surface area contributed by atoms with Gasteiger partial charge in [-0.25, -0.2) is 0 Å². The Kier molecular flexibility index (Phi) is 3.53. The predicted molar refractivity (Wildman–Crippen MR) is 64.2 cm³/mol. The molecule has 2 N–H and O–H groups in total. The van der Waals surface area contributed by atoms with Crippen molar-refractivity contribution in [3.05, 3.63) is 18.0 Å². The number of piperidine rings is 1. The first-order valence-electron chi connectivity index (χ1n) is 5.23. The maximum atomic E-state index is 4.73. The first-order chi connectivity index (χ1) is 7.25. The summed E-state index contributed by atoms with van der Waals surface area (Å²) in [4.78, 5) is 0. The fourth-order valence-corrected chi connectivity index (χ4v) is 2.79. The van der Waals surface area contributed by atoms with E-state index in [0.29, 0.717) is 12.0 Å². The second-order valence-electron chi connectivity index (χ2n) is 4.16. The quantitative estimate of drug-likeness (QED) is 0.788. The maximum Gasteiger partial charge on any atom is 0.0698 e. The van der Waals surface area contributed by atoms with Crippen LogP contribution in [0.1, 0.15) is 17.9 Å². The van der Waals surface area contributed by atoms with Crippen LogP contribution in [0.2, 0.25) is 0 Å². The number of aromatic nitrogens is 2. The third-order valence-corrected chi connectivity index (χ3v) is 3.40. The van der Waals surface area contributed by atoms with Crippen LogP contribution >= 0.6 is 0 Å². The van der Waals surface area contributed by atoms with E-state index in [1.165, 1.54) is 5.56 Å². The normalized spacial score (nSPS) is 26.9. The van der Waals surface area contributed by atoms with Crippen molar-refractivity contribution >= 4 is 10.7 Å². The Morgan fingerprint density at radius 1 is 1.47 bits per heavy atom. The highest BCUT2D eigenvalue weighted by Crippen LogP contribution is 2.23. The Balaban J connectivity index is 2.02. The van der Waals surface area contributed by atoms with Crippen molar-refractivity contribution in [1.82, 2.24) is 15.5 Å². The van der Waals surface area contributed by atoms with Gasteiger partial charge in [-0.15, -0.1) is 10.7 Å². The maximum absolute atomic E-state index is 4.73. The molecule has 4 nitrogen and oxygen atoms in total. The highest BCUT2D eigenvalue weighted by Gasteiger charge is 2.22. The van der Waals surface area contributed by atoms with Crippen LogP contribution in [-0.2, 0) is 10.7 Å². The summed E-state index contributed by atoms with van der Waals surface area (Å²) in [5.41, 5.74) is 1.30. The summed E-state index contributed by atoms with van der Waals surface area (Å²) in [6.45, 7) is 2.08. The Bertz CT molecular complexity index is 329. The average molecular weight is 226 g/mol. The van der Waals surface area contributed by atoms with Crippen molar-refractivity contribution in [2.45, 2.75) is 18.4 Å². The molecule has 0 saturated carbocycles. The van der Waals surface area contributed by atoms with Crippen molar-refractivity contribution in [2.24, 2.45) is 4.36 Å². The van der Waals surface area contributed by atoms with Crippen LogP contribution in [0.25, 0.3) is 0 Å². The molecule has 2 atom stereocenters. The topological polar surface area (TPSA) is 53.1 Å². The molecule has 2 rings (SSSR count). The summed E-state index contributed by atoms with van der Waals surface area (Å²) >= 11 is 0. The summed E-state index contributed by atoms with van der Waals surface area (Å²) < 4.78 is 4.73. The molecule has 1 fully saturated rings. The van der Waals surface area contributed by atoms with Gasteiger partial charge in [0.2, 0.25) is 0 Å². The lowest BCUT2D eigenvalue weighted by Gasteiger charge is -2.27. The number of nitrogens with one attached hydrogen (secondary N) is 2. The van der Waals surface area contributed by atoms with Gasteiger partial charge in [-0.05, 0) is 24.5 Å². The molecular formula is C10H18N4S. The van der Waals surface area contributed by atoms with Crippen LogP contribution in [0.4, 0.5) is 0 Å². The van der Waals surface area contributed by atoms with Gasteiger partial charge in [-0.2, -0.15) is 5.10 Å². The van der Waals surface area contributed by atoms with Gasteiger partial charge < -0.3 is 5.32 Å². The molecule has 0 radical (unpaired) electrons. The number of aromatic amines is 1. The van der Waals surface area contributed by atoms with Crippen molar-refractivity contribution in [1.29, 1.82) is 0 Å². The van der Waals surface area contributed by atoms with E-state index in [-0.39, 0.29) is 10.7 Å². The van der Waals surface area contributed by atoms with E-state index in [2.05, 4.69) is 28.0 Å². The van der Waals surface area contributed by atoms with Gasteiger partial charge in [0.05, 0.1) is 12.2 Å². The lowest BCUT2D eigenvalue weighted by molar-refractivity contribution is 0.416. The van der Waals surface area contributed by atoms with E-state index in [1.54, 1.807) is 0 Å². The third kappa shape index (κ3) is 2.89. The zero-order valence-electron chi connectivity index (χ0n) is 9.23. The molecule has 2 unspecified atom stereocenters. The highest BCUT2D eigenvalue weighted by atomic mass is 32.2. The zero-order chi connectivity index (χ0) is 10.7. The van der Waals surface area contributed by atoms with E-state index in [0.717, 1.165) is 19.5 Å². The van der Waals surface area contributed by atoms with Gasteiger partial charge in [0.25, 0.3) is 0 Å². The second kappa shape index (κ2) is 4.90. The summed E-state index contributed by atoms with van der Waals surface area (Å²) in [5, 5.41) is 10.3. The summed E-state index contributed by atoms with van der Waals surface area (Å²) in [5.74, 6) is 0.565. The van der Waals surface area contributed by atoms with E-state index >= 15 is 0 Å². The van der Waals surface area contributed by atoms with Crippen LogP contribution in [0.15, 0.2) is 16.8 Å². The van der Waals surface area contributed by atoms with E-state index in [9.17, 15) is 0 Å². The lowest BCUT2D eigenvalue weighted by atomic mass is 9.92. The minimum Gasteiger partial charge on any atom is -0.314 e.